The molecule has 4 rings (SSSR count). The highest BCUT2D eigenvalue weighted by atomic mass is 32.2. The summed E-state index contributed by atoms with van der Waals surface area (Å²) < 4.78 is 56.1. The highest BCUT2D eigenvalue weighted by Gasteiger charge is 2.48. The first-order valence-corrected chi connectivity index (χ1v) is 12.4. The molecule has 1 heterocycles. The summed E-state index contributed by atoms with van der Waals surface area (Å²) in [4.78, 5) is 1.70. The van der Waals surface area contributed by atoms with Crippen molar-refractivity contribution in [3.63, 3.8) is 0 Å². The van der Waals surface area contributed by atoms with Gasteiger partial charge in [-0.15, -0.1) is 0 Å². The van der Waals surface area contributed by atoms with Gasteiger partial charge in [-0.25, -0.2) is 21.9 Å². The van der Waals surface area contributed by atoms with Crippen molar-refractivity contribution in [1.29, 1.82) is 0 Å². The van der Waals surface area contributed by atoms with Crippen molar-refractivity contribution < 1.29 is 22.3 Å². The lowest BCUT2D eigenvalue weighted by atomic mass is 9.96. The smallest absolute Gasteiger partial charge is 0.211 e. The molecule has 31 heavy (non-hydrogen) atoms. The molecule has 5 nitrogen and oxygen atoms in total. The van der Waals surface area contributed by atoms with Crippen molar-refractivity contribution in [3.8, 4) is 11.1 Å². The molecule has 1 aliphatic carbocycles. The van der Waals surface area contributed by atoms with Gasteiger partial charge in [0.15, 0.2) is 0 Å². The summed E-state index contributed by atoms with van der Waals surface area (Å²) in [6.45, 7) is 1.49. The van der Waals surface area contributed by atoms with Gasteiger partial charge in [-0.05, 0) is 49.3 Å². The molecule has 2 N–H and O–H groups in total. The molecule has 2 aromatic carbocycles. The van der Waals surface area contributed by atoms with Crippen molar-refractivity contribution in [1.82, 2.24) is 9.62 Å². The van der Waals surface area contributed by atoms with Crippen LogP contribution in [0.5, 0.6) is 0 Å². The average Bonchev–Trinajstić information content (AvgIpc) is 3.56. The first-order chi connectivity index (χ1) is 14.8. The molecule has 0 spiro atoms. The summed E-state index contributed by atoms with van der Waals surface area (Å²) in [6, 6.07) is 12.3. The van der Waals surface area contributed by atoms with E-state index in [0.29, 0.717) is 17.5 Å². The number of likely N-dealkylation sites (tertiary alicyclic amines) is 1. The number of hydrogen-bond donors (Lipinski definition) is 2. The molecule has 0 aromatic heterocycles. The zero-order valence-corrected chi connectivity index (χ0v) is 18.2. The summed E-state index contributed by atoms with van der Waals surface area (Å²) in [5, 5.41) is 10.7. The lowest BCUT2D eigenvalue weighted by Crippen LogP contribution is -2.51. The molecule has 1 saturated heterocycles. The maximum atomic E-state index is 15.0. The number of alkyl halides is 1. The Hall–Kier alpha value is -1.87. The van der Waals surface area contributed by atoms with Gasteiger partial charge in [0.05, 0.1) is 11.8 Å². The number of nitrogens with zero attached hydrogens (tertiary/aromatic N) is 1. The zero-order valence-electron chi connectivity index (χ0n) is 17.4. The Morgan fingerprint density at radius 2 is 1.94 bits per heavy atom. The first-order valence-electron chi connectivity index (χ1n) is 10.7. The second-order valence-corrected chi connectivity index (χ2v) is 10.5. The van der Waals surface area contributed by atoms with Gasteiger partial charge in [0.25, 0.3) is 0 Å². The molecule has 2 aromatic rings. The average molecular weight is 451 g/mol. The van der Waals surface area contributed by atoms with E-state index in [1.807, 2.05) is 24.3 Å². The van der Waals surface area contributed by atoms with Gasteiger partial charge in [0, 0.05) is 18.2 Å². The third-order valence-electron chi connectivity index (χ3n) is 6.25. The van der Waals surface area contributed by atoms with Gasteiger partial charge in [0.1, 0.15) is 18.2 Å². The van der Waals surface area contributed by atoms with Crippen molar-refractivity contribution in [2.45, 2.75) is 50.7 Å². The van der Waals surface area contributed by atoms with E-state index in [2.05, 4.69) is 4.72 Å². The van der Waals surface area contributed by atoms with E-state index in [-0.39, 0.29) is 24.0 Å². The molecule has 2 aliphatic rings. The fraction of sp³-hybridized carbons (Fsp3) is 0.478. The highest BCUT2D eigenvalue weighted by Crippen LogP contribution is 2.38. The lowest BCUT2D eigenvalue weighted by Gasteiger charge is -2.32. The summed E-state index contributed by atoms with van der Waals surface area (Å²) in [5.41, 5.74) is 2.00. The molecule has 168 valence electrons. The van der Waals surface area contributed by atoms with E-state index in [0.717, 1.165) is 18.4 Å². The van der Waals surface area contributed by atoms with Crippen LogP contribution in [0.3, 0.4) is 0 Å². The molecule has 1 saturated carbocycles. The summed E-state index contributed by atoms with van der Waals surface area (Å²) in [6.07, 6.45) is -0.113. The summed E-state index contributed by atoms with van der Waals surface area (Å²) in [5.74, 6) is -0.374. The zero-order chi connectivity index (χ0) is 22.2. The van der Waals surface area contributed by atoms with Gasteiger partial charge in [-0.1, -0.05) is 42.5 Å². The third-order valence-corrected chi connectivity index (χ3v) is 7.64. The monoisotopic (exact) mass is 450 g/mol. The predicted molar refractivity (Wildman–Crippen MR) is 116 cm³/mol. The van der Waals surface area contributed by atoms with Crippen molar-refractivity contribution in [2.75, 3.05) is 12.3 Å². The van der Waals surface area contributed by atoms with Crippen molar-refractivity contribution in [3.05, 3.63) is 59.9 Å². The Morgan fingerprint density at radius 3 is 2.61 bits per heavy atom. The largest absolute Gasteiger partial charge is 0.378 e. The topological polar surface area (TPSA) is 69.6 Å². The lowest BCUT2D eigenvalue weighted by molar-refractivity contribution is -0.0247. The quantitative estimate of drug-likeness (QED) is 0.649. The van der Waals surface area contributed by atoms with Crippen LogP contribution in [0.25, 0.3) is 11.1 Å². The Labute approximate surface area is 182 Å². The number of rotatable bonds is 8. The fourth-order valence-corrected chi connectivity index (χ4v) is 5.24. The molecule has 2 fully saturated rings. The number of aliphatic hydroxyl groups excluding tert-OH is 1. The molecule has 0 radical (unpaired) electrons. The molecule has 4 atom stereocenters. The normalized spacial score (nSPS) is 25.6. The van der Waals surface area contributed by atoms with E-state index in [4.69, 9.17) is 0 Å². The van der Waals surface area contributed by atoms with E-state index < -0.39 is 34.5 Å². The van der Waals surface area contributed by atoms with Gasteiger partial charge in [-0.3, -0.25) is 4.90 Å². The fourth-order valence-electron chi connectivity index (χ4n) is 4.36. The highest BCUT2D eigenvalue weighted by molar-refractivity contribution is 7.89. The minimum Gasteiger partial charge on any atom is -0.378 e. The Morgan fingerprint density at radius 1 is 1.19 bits per heavy atom. The Balaban J connectivity index is 1.63. The molecular formula is C23H28F2N2O3S. The number of nitrogens with one attached hydrogen (secondary N) is 1. The van der Waals surface area contributed by atoms with Gasteiger partial charge in [0.2, 0.25) is 10.0 Å². The Kier molecular flexibility index (Phi) is 6.44. The minimum atomic E-state index is -3.62. The van der Waals surface area contributed by atoms with Crippen LogP contribution in [-0.2, 0) is 16.4 Å². The van der Waals surface area contributed by atoms with E-state index in [9.17, 15) is 22.3 Å². The van der Waals surface area contributed by atoms with Gasteiger partial charge < -0.3 is 5.11 Å². The second-order valence-electron chi connectivity index (χ2n) is 8.46. The van der Waals surface area contributed by atoms with Crippen LogP contribution in [0.4, 0.5) is 8.78 Å². The summed E-state index contributed by atoms with van der Waals surface area (Å²) >= 11 is 0. The second kappa shape index (κ2) is 8.94. The molecule has 1 aliphatic heterocycles. The van der Waals surface area contributed by atoms with Crippen LogP contribution in [0.2, 0.25) is 0 Å². The molecule has 0 amide bonds. The van der Waals surface area contributed by atoms with E-state index >= 15 is 0 Å². The van der Waals surface area contributed by atoms with Crippen molar-refractivity contribution in [2.24, 2.45) is 5.92 Å². The minimum absolute atomic E-state index is 0.0216. The van der Waals surface area contributed by atoms with Crippen LogP contribution in [0.1, 0.15) is 25.3 Å². The van der Waals surface area contributed by atoms with Crippen LogP contribution in [-0.4, -0.2) is 55.2 Å². The van der Waals surface area contributed by atoms with Crippen LogP contribution in [0, 0.1) is 11.7 Å². The number of hydrogen-bond acceptors (Lipinski definition) is 4. The first kappa shape index (κ1) is 22.3. The third kappa shape index (κ3) is 4.98. The van der Waals surface area contributed by atoms with E-state index in [1.54, 1.807) is 23.1 Å². The maximum Gasteiger partial charge on any atom is 0.211 e. The number of benzene rings is 2. The number of halogens is 2. The van der Waals surface area contributed by atoms with Crippen LogP contribution >= 0.6 is 0 Å². The molecule has 1 unspecified atom stereocenters. The van der Waals surface area contributed by atoms with Gasteiger partial charge in [-0.2, -0.15) is 0 Å². The predicted octanol–water partition coefficient (Wildman–Crippen LogP) is 3.09. The van der Waals surface area contributed by atoms with Crippen LogP contribution in [0.15, 0.2) is 48.5 Å². The molecule has 8 heteroatoms. The standard InChI is InChI=1S/C23H28F2N2O3S/c1-2-31(29,30)26-22-20(25)14-27(23(28)16-10-11-16)21(22)13-15-6-5-7-17(12-15)18-8-3-4-9-19(18)24/h3-9,12,16,20-23,26,28H,2,10-11,13-14H2,1H3/t20-,21-,22-,23?/m0/s1. The van der Waals surface area contributed by atoms with Gasteiger partial charge >= 0.3 is 0 Å². The van der Waals surface area contributed by atoms with Crippen molar-refractivity contribution >= 4 is 10.0 Å². The molecule has 0 bridgehead atoms. The maximum absolute atomic E-state index is 15.0. The van der Waals surface area contributed by atoms with Crippen LogP contribution < -0.4 is 4.72 Å². The number of sulfonamides is 1. The summed E-state index contributed by atoms with van der Waals surface area (Å²) in [7, 11) is -3.62. The number of aliphatic hydroxyl groups is 1. The van der Waals surface area contributed by atoms with E-state index in [1.165, 1.54) is 13.0 Å². The SMILES string of the molecule is CCS(=O)(=O)N[C@H]1[C@@H](F)CN(C(O)C2CC2)[C@H]1Cc1cccc(-c2ccccc2F)c1. The molecular weight excluding hydrogens is 422 g/mol. The Bertz CT molecular complexity index is 1030.